The fraction of sp³-hybridized carbons (Fsp3) is 0.294. The average molecular weight is 324 g/mol. The third-order valence-corrected chi connectivity index (χ3v) is 3.96. The number of halogens is 2. The molecule has 0 spiro atoms. The van der Waals surface area contributed by atoms with Crippen LogP contribution in [0.3, 0.4) is 0 Å². The summed E-state index contributed by atoms with van der Waals surface area (Å²) in [5, 5.41) is 4.60. The Hall–Kier alpha value is -1.22. The molecule has 0 fully saturated rings. The summed E-state index contributed by atoms with van der Waals surface area (Å²) in [6, 6.07) is 9.89. The van der Waals surface area contributed by atoms with E-state index in [1.807, 2.05) is 33.0 Å². The molecule has 4 heteroatoms. The Morgan fingerprint density at radius 2 is 1.38 bits per heavy atom. The monoisotopic (exact) mass is 323 g/mol. The van der Waals surface area contributed by atoms with E-state index in [0.29, 0.717) is 10.0 Å². The van der Waals surface area contributed by atoms with Crippen molar-refractivity contribution in [1.82, 2.24) is 5.32 Å². The van der Waals surface area contributed by atoms with E-state index in [9.17, 15) is 0 Å². The van der Waals surface area contributed by atoms with Crippen LogP contribution in [0, 0.1) is 13.8 Å². The van der Waals surface area contributed by atoms with E-state index in [1.54, 1.807) is 13.2 Å². The summed E-state index contributed by atoms with van der Waals surface area (Å²) in [5.74, 6) is 0.928. The molecule has 21 heavy (non-hydrogen) atoms. The van der Waals surface area contributed by atoms with Gasteiger partial charge in [-0.2, -0.15) is 0 Å². The van der Waals surface area contributed by atoms with Crippen LogP contribution in [0.25, 0.3) is 0 Å². The third-order valence-electron chi connectivity index (χ3n) is 3.53. The second-order valence-corrected chi connectivity index (χ2v) is 5.99. The fourth-order valence-electron chi connectivity index (χ4n) is 2.74. The lowest BCUT2D eigenvalue weighted by molar-refractivity contribution is 0.408. The predicted octanol–water partition coefficient (Wildman–Crippen LogP) is 4.93. The smallest absolute Gasteiger partial charge is 0.124 e. The van der Waals surface area contributed by atoms with Gasteiger partial charge >= 0.3 is 0 Å². The van der Waals surface area contributed by atoms with Crippen LogP contribution in [0.2, 0.25) is 10.0 Å². The molecule has 2 aromatic rings. The van der Waals surface area contributed by atoms with Crippen molar-refractivity contribution in [2.75, 3.05) is 14.2 Å². The van der Waals surface area contributed by atoms with Crippen molar-refractivity contribution in [3.63, 3.8) is 0 Å². The Morgan fingerprint density at radius 1 is 0.905 bits per heavy atom. The number of ether oxygens (including phenoxy) is 1. The Bertz CT molecular complexity index is 612. The molecule has 0 amide bonds. The topological polar surface area (TPSA) is 21.3 Å². The van der Waals surface area contributed by atoms with Gasteiger partial charge in [0.05, 0.1) is 13.2 Å². The van der Waals surface area contributed by atoms with E-state index >= 15 is 0 Å². The van der Waals surface area contributed by atoms with Gasteiger partial charge in [-0.3, -0.25) is 0 Å². The maximum Gasteiger partial charge on any atom is 0.124 e. The highest BCUT2D eigenvalue weighted by Crippen LogP contribution is 2.32. The van der Waals surface area contributed by atoms with Gasteiger partial charge in [0.1, 0.15) is 5.75 Å². The van der Waals surface area contributed by atoms with Gasteiger partial charge in [-0.05, 0) is 61.3 Å². The third kappa shape index (κ3) is 3.52. The zero-order valence-electron chi connectivity index (χ0n) is 12.6. The quantitative estimate of drug-likeness (QED) is 0.861. The minimum absolute atomic E-state index is 0.0320. The van der Waals surface area contributed by atoms with Gasteiger partial charge in [-0.15, -0.1) is 0 Å². The van der Waals surface area contributed by atoms with Crippen molar-refractivity contribution >= 4 is 23.2 Å². The van der Waals surface area contributed by atoms with Gasteiger partial charge in [0.15, 0.2) is 0 Å². The molecular formula is C17H19Cl2NO. The molecule has 0 heterocycles. The van der Waals surface area contributed by atoms with Gasteiger partial charge in [0.25, 0.3) is 0 Å². The molecule has 0 bridgehead atoms. The molecule has 2 aromatic carbocycles. The molecule has 1 unspecified atom stereocenters. The average Bonchev–Trinajstić information content (AvgIpc) is 2.38. The Kier molecular flexibility index (Phi) is 5.15. The summed E-state index contributed by atoms with van der Waals surface area (Å²) in [6.45, 7) is 4.10. The Labute approximate surface area is 136 Å². The van der Waals surface area contributed by atoms with Gasteiger partial charge in [0, 0.05) is 10.0 Å². The van der Waals surface area contributed by atoms with Gasteiger partial charge < -0.3 is 10.1 Å². The maximum absolute atomic E-state index is 6.12. The number of hydrogen-bond donors (Lipinski definition) is 1. The fourth-order valence-corrected chi connectivity index (χ4v) is 3.28. The van der Waals surface area contributed by atoms with Crippen LogP contribution >= 0.6 is 23.2 Å². The molecule has 0 radical (unpaired) electrons. The molecule has 1 atom stereocenters. The summed E-state index contributed by atoms with van der Waals surface area (Å²) < 4.78 is 5.43. The highest BCUT2D eigenvalue weighted by atomic mass is 35.5. The summed E-state index contributed by atoms with van der Waals surface area (Å²) in [5.41, 5.74) is 4.42. The first kappa shape index (κ1) is 16.2. The highest BCUT2D eigenvalue weighted by Gasteiger charge is 2.16. The van der Waals surface area contributed by atoms with Gasteiger partial charge in [-0.1, -0.05) is 35.3 Å². The van der Waals surface area contributed by atoms with Crippen molar-refractivity contribution in [2.24, 2.45) is 0 Å². The van der Waals surface area contributed by atoms with Crippen LogP contribution in [-0.4, -0.2) is 14.2 Å². The first-order valence-corrected chi connectivity index (χ1v) is 7.50. The number of methoxy groups -OCH3 is 1. The van der Waals surface area contributed by atoms with Crippen molar-refractivity contribution in [1.29, 1.82) is 0 Å². The zero-order chi connectivity index (χ0) is 15.6. The Morgan fingerprint density at radius 3 is 1.81 bits per heavy atom. The second kappa shape index (κ2) is 6.69. The summed E-state index contributed by atoms with van der Waals surface area (Å²) in [6.07, 6.45) is 0. The normalized spacial score (nSPS) is 12.3. The molecule has 0 aliphatic rings. The van der Waals surface area contributed by atoms with Gasteiger partial charge in [-0.25, -0.2) is 0 Å². The molecule has 0 saturated heterocycles. The van der Waals surface area contributed by atoms with E-state index in [2.05, 4.69) is 17.4 Å². The molecule has 0 saturated carbocycles. The zero-order valence-corrected chi connectivity index (χ0v) is 14.1. The molecule has 0 aliphatic carbocycles. The minimum atomic E-state index is 0.0320. The SMILES string of the molecule is CNC(c1cc(Cl)cc(Cl)c1)c1cc(C)c(OC)c(C)c1. The largest absolute Gasteiger partial charge is 0.496 e. The minimum Gasteiger partial charge on any atom is -0.496 e. The molecule has 2 rings (SSSR count). The van der Waals surface area contributed by atoms with E-state index in [1.165, 1.54) is 0 Å². The van der Waals surface area contributed by atoms with E-state index in [0.717, 1.165) is 28.0 Å². The Balaban J connectivity index is 2.51. The van der Waals surface area contributed by atoms with Crippen molar-refractivity contribution in [3.05, 3.63) is 62.6 Å². The van der Waals surface area contributed by atoms with Crippen LogP contribution in [0.1, 0.15) is 28.3 Å². The molecule has 0 aliphatic heterocycles. The lowest BCUT2D eigenvalue weighted by Gasteiger charge is -2.20. The maximum atomic E-state index is 6.12. The summed E-state index contributed by atoms with van der Waals surface area (Å²) >= 11 is 12.2. The standard InChI is InChI=1S/C17H19Cl2NO/c1-10-5-12(6-11(2)17(10)21-4)16(20-3)13-7-14(18)9-15(19)8-13/h5-9,16,20H,1-4H3. The second-order valence-electron chi connectivity index (χ2n) is 5.11. The van der Waals surface area contributed by atoms with Crippen molar-refractivity contribution in [2.45, 2.75) is 19.9 Å². The molecule has 2 nitrogen and oxygen atoms in total. The van der Waals surface area contributed by atoms with Crippen LogP contribution < -0.4 is 10.1 Å². The molecular weight excluding hydrogens is 305 g/mol. The lowest BCUT2D eigenvalue weighted by Crippen LogP contribution is -2.18. The van der Waals surface area contributed by atoms with Crippen molar-refractivity contribution < 1.29 is 4.74 Å². The number of aryl methyl sites for hydroxylation is 2. The van der Waals surface area contributed by atoms with E-state index in [-0.39, 0.29) is 6.04 Å². The van der Waals surface area contributed by atoms with Gasteiger partial charge in [0.2, 0.25) is 0 Å². The van der Waals surface area contributed by atoms with Crippen LogP contribution in [0.5, 0.6) is 5.75 Å². The molecule has 1 N–H and O–H groups in total. The van der Waals surface area contributed by atoms with E-state index in [4.69, 9.17) is 27.9 Å². The number of rotatable bonds is 4. The number of hydrogen-bond acceptors (Lipinski definition) is 2. The number of benzene rings is 2. The first-order valence-electron chi connectivity index (χ1n) is 6.74. The predicted molar refractivity (Wildman–Crippen MR) is 89.8 cm³/mol. The van der Waals surface area contributed by atoms with E-state index < -0.39 is 0 Å². The summed E-state index contributed by atoms with van der Waals surface area (Å²) in [7, 11) is 3.62. The van der Waals surface area contributed by atoms with Crippen molar-refractivity contribution in [3.8, 4) is 5.75 Å². The molecule has 0 aromatic heterocycles. The highest BCUT2D eigenvalue weighted by molar-refractivity contribution is 6.34. The van der Waals surface area contributed by atoms with Crippen LogP contribution in [0.4, 0.5) is 0 Å². The summed E-state index contributed by atoms with van der Waals surface area (Å²) in [4.78, 5) is 0. The first-order chi connectivity index (χ1) is 9.96. The lowest BCUT2D eigenvalue weighted by atomic mass is 9.95. The van der Waals surface area contributed by atoms with Crippen LogP contribution in [-0.2, 0) is 0 Å². The molecule has 112 valence electrons. The van der Waals surface area contributed by atoms with Crippen LogP contribution in [0.15, 0.2) is 30.3 Å². The number of nitrogens with one attached hydrogen (secondary N) is 1.